The zero-order valence-corrected chi connectivity index (χ0v) is 12.6. The molecule has 5 nitrogen and oxygen atoms in total. The van der Waals surface area contributed by atoms with Crippen LogP contribution in [0.4, 0.5) is 5.69 Å². The van der Waals surface area contributed by atoms with E-state index in [4.69, 9.17) is 11.1 Å². The first-order chi connectivity index (χ1) is 9.65. The van der Waals surface area contributed by atoms with Gasteiger partial charge in [-0.05, 0) is 40.9 Å². The molecule has 1 unspecified atom stereocenters. The van der Waals surface area contributed by atoms with Crippen molar-refractivity contribution >= 4 is 38.5 Å². The number of anilines is 1. The highest BCUT2D eigenvalue weighted by molar-refractivity contribution is 9.10. The number of nitrogens with two attached hydrogens (primary N) is 1. The molecule has 0 aromatic carbocycles. The molecule has 6 heteroatoms. The van der Waals surface area contributed by atoms with Crippen molar-refractivity contribution in [1.82, 2.24) is 9.97 Å². The maximum atomic E-state index is 7.65. The number of piperidine rings is 1. The molecular formula is C14H16BrN5. The number of fused-ring (bicyclic) bond motifs is 1. The SMILES string of the molecule is N=C(N)C1CCCN(c2ccnc3cc(Br)cnc23)C1. The number of halogens is 1. The van der Waals surface area contributed by atoms with E-state index in [0.29, 0.717) is 0 Å². The summed E-state index contributed by atoms with van der Waals surface area (Å²) in [6.45, 7) is 1.76. The van der Waals surface area contributed by atoms with Crippen molar-refractivity contribution in [2.75, 3.05) is 18.0 Å². The van der Waals surface area contributed by atoms with Gasteiger partial charge in [0.2, 0.25) is 0 Å². The van der Waals surface area contributed by atoms with E-state index >= 15 is 0 Å². The standard InChI is InChI=1S/C14H16BrN5/c15-10-6-11-13(19-7-10)12(3-4-18-11)20-5-1-2-9(8-20)14(16)17/h3-4,6-7,9H,1-2,5,8H2,(H3,16,17). The second-order valence-electron chi connectivity index (χ2n) is 5.09. The average Bonchev–Trinajstić information content (AvgIpc) is 2.46. The average molecular weight is 334 g/mol. The summed E-state index contributed by atoms with van der Waals surface area (Å²) in [4.78, 5) is 11.1. The summed E-state index contributed by atoms with van der Waals surface area (Å²) in [5, 5.41) is 7.65. The molecule has 20 heavy (non-hydrogen) atoms. The topological polar surface area (TPSA) is 78.9 Å². The van der Waals surface area contributed by atoms with E-state index in [-0.39, 0.29) is 11.8 Å². The van der Waals surface area contributed by atoms with E-state index in [1.54, 1.807) is 6.20 Å². The van der Waals surface area contributed by atoms with Crippen molar-refractivity contribution in [2.24, 2.45) is 11.7 Å². The van der Waals surface area contributed by atoms with Crippen molar-refractivity contribution in [2.45, 2.75) is 12.8 Å². The van der Waals surface area contributed by atoms with Gasteiger partial charge in [0.1, 0.15) is 5.52 Å². The van der Waals surface area contributed by atoms with Gasteiger partial charge in [-0.15, -0.1) is 0 Å². The highest BCUT2D eigenvalue weighted by Gasteiger charge is 2.23. The molecule has 3 rings (SSSR count). The van der Waals surface area contributed by atoms with Crippen molar-refractivity contribution < 1.29 is 0 Å². The first-order valence-corrected chi connectivity index (χ1v) is 7.43. The van der Waals surface area contributed by atoms with E-state index in [1.165, 1.54) is 0 Å². The summed E-state index contributed by atoms with van der Waals surface area (Å²) in [7, 11) is 0. The van der Waals surface area contributed by atoms with Crippen molar-refractivity contribution in [3.05, 3.63) is 29.0 Å². The minimum absolute atomic E-state index is 0.141. The Kier molecular flexibility index (Phi) is 3.56. The van der Waals surface area contributed by atoms with Gasteiger partial charge in [-0.1, -0.05) is 0 Å². The molecule has 1 fully saturated rings. The van der Waals surface area contributed by atoms with Gasteiger partial charge in [0, 0.05) is 35.9 Å². The monoisotopic (exact) mass is 333 g/mol. The molecule has 1 aliphatic heterocycles. The van der Waals surface area contributed by atoms with Crippen LogP contribution in [0.1, 0.15) is 12.8 Å². The predicted molar refractivity (Wildman–Crippen MR) is 84.1 cm³/mol. The molecule has 0 aliphatic carbocycles. The number of pyridine rings is 2. The fourth-order valence-electron chi connectivity index (χ4n) is 2.70. The van der Waals surface area contributed by atoms with E-state index in [0.717, 1.165) is 47.1 Å². The highest BCUT2D eigenvalue weighted by Crippen LogP contribution is 2.29. The molecule has 0 spiro atoms. The third kappa shape index (κ3) is 2.47. The largest absolute Gasteiger partial charge is 0.387 e. The molecule has 0 saturated carbocycles. The zero-order chi connectivity index (χ0) is 14.1. The Hall–Kier alpha value is -1.69. The Bertz CT molecular complexity index is 657. The molecule has 0 amide bonds. The summed E-state index contributed by atoms with van der Waals surface area (Å²) >= 11 is 3.42. The zero-order valence-electron chi connectivity index (χ0n) is 11.0. The van der Waals surface area contributed by atoms with Gasteiger partial charge in [0.05, 0.1) is 17.0 Å². The Balaban J connectivity index is 1.99. The first kappa shape index (κ1) is 13.3. The molecule has 0 bridgehead atoms. The molecule has 1 atom stereocenters. The normalized spacial score (nSPS) is 19.2. The van der Waals surface area contributed by atoms with E-state index in [2.05, 4.69) is 30.8 Å². The lowest BCUT2D eigenvalue weighted by molar-refractivity contribution is 0.504. The predicted octanol–water partition coefficient (Wildman–Crippen LogP) is 2.54. The number of hydrogen-bond donors (Lipinski definition) is 2. The van der Waals surface area contributed by atoms with E-state index in [9.17, 15) is 0 Å². The summed E-state index contributed by atoms with van der Waals surface area (Å²) in [5.41, 5.74) is 8.52. The third-order valence-electron chi connectivity index (χ3n) is 3.72. The molecule has 2 aromatic heterocycles. The van der Waals surface area contributed by atoms with Crippen LogP contribution >= 0.6 is 15.9 Å². The quantitative estimate of drug-likeness (QED) is 0.653. The maximum absolute atomic E-state index is 7.65. The minimum atomic E-state index is 0.141. The van der Waals surface area contributed by atoms with Crippen molar-refractivity contribution in [3.63, 3.8) is 0 Å². The maximum Gasteiger partial charge on any atom is 0.112 e. The van der Waals surface area contributed by atoms with Crippen LogP contribution in [0.15, 0.2) is 29.0 Å². The highest BCUT2D eigenvalue weighted by atomic mass is 79.9. The Morgan fingerprint density at radius 3 is 3.10 bits per heavy atom. The summed E-state index contributed by atoms with van der Waals surface area (Å²) in [6.07, 6.45) is 5.64. The number of rotatable bonds is 2. The van der Waals surface area contributed by atoms with Crippen LogP contribution in [0.5, 0.6) is 0 Å². The van der Waals surface area contributed by atoms with Crippen LogP contribution in [-0.2, 0) is 0 Å². The lowest BCUT2D eigenvalue weighted by Crippen LogP contribution is -2.41. The second-order valence-corrected chi connectivity index (χ2v) is 6.01. The van der Waals surface area contributed by atoms with Gasteiger partial charge >= 0.3 is 0 Å². The smallest absolute Gasteiger partial charge is 0.112 e. The van der Waals surface area contributed by atoms with Crippen LogP contribution in [0.3, 0.4) is 0 Å². The van der Waals surface area contributed by atoms with Crippen LogP contribution in [0.2, 0.25) is 0 Å². The minimum Gasteiger partial charge on any atom is -0.387 e. The number of amidine groups is 1. The summed E-state index contributed by atoms with van der Waals surface area (Å²) < 4.78 is 0.926. The third-order valence-corrected chi connectivity index (χ3v) is 4.16. The fraction of sp³-hybridized carbons (Fsp3) is 0.357. The van der Waals surface area contributed by atoms with Gasteiger partial charge in [-0.3, -0.25) is 15.4 Å². The molecule has 1 saturated heterocycles. The molecule has 2 aromatic rings. The molecule has 0 radical (unpaired) electrons. The molecule has 3 N–H and O–H groups in total. The second kappa shape index (κ2) is 5.36. The van der Waals surface area contributed by atoms with Crippen molar-refractivity contribution in [3.8, 4) is 0 Å². The Labute approximate surface area is 125 Å². The van der Waals surface area contributed by atoms with Crippen LogP contribution in [0.25, 0.3) is 11.0 Å². The fourth-order valence-corrected chi connectivity index (χ4v) is 3.02. The number of aromatic nitrogens is 2. The van der Waals surface area contributed by atoms with E-state index in [1.807, 2.05) is 18.3 Å². The molecule has 1 aliphatic rings. The number of hydrogen-bond acceptors (Lipinski definition) is 4. The van der Waals surface area contributed by atoms with Gasteiger partial charge in [0.25, 0.3) is 0 Å². The van der Waals surface area contributed by atoms with E-state index < -0.39 is 0 Å². The number of nitrogens with one attached hydrogen (secondary N) is 1. The van der Waals surface area contributed by atoms with Gasteiger partial charge in [0.15, 0.2) is 0 Å². The van der Waals surface area contributed by atoms with Crippen LogP contribution < -0.4 is 10.6 Å². The van der Waals surface area contributed by atoms with Gasteiger partial charge < -0.3 is 10.6 Å². The first-order valence-electron chi connectivity index (χ1n) is 6.64. The van der Waals surface area contributed by atoms with Crippen LogP contribution in [0, 0.1) is 11.3 Å². The van der Waals surface area contributed by atoms with Crippen molar-refractivity contribution in [1.29, 1.82) is 5.41 Å². The van der Waals surface area contributed by atoms with Crippen LogP contribution in [-0.4, -0.2) is 28.9 Å². The Morgan fingerprint density at radius 1 is 1.45 bits per heavy atom. The number of nitrogens with zero attached hydrogens (tertiary/aromatic N) is 3. The van der Waals surface area contributed by atoms with Gasteiger partial charge in [-0.25, -0.2) is 0 Å². The van der Waals surface area contributed by atoms with Gasteiger partial charge in [-0.2, -0.15) is 0 Å². The molecule has 3 heterocycles. The lowest BCUT2D eigenvalue weighted by atomic mass is 9.96. The lowest BCUT2D eigenvalue weighted by Gasteiger charge is -2.34. The summed E-state index contributed by atoms with van der Waals surface area (Å²) in [6, 6.07) is 3.96. The Morgan fingerprint density at radius 2 is 2.30 bits per heavy atom. The molecular weight excluding hydrogens is 318 g/mol. The summed E-state index contributed by atoms with van der Waals surface area (Å²) in [5.74, 6) is 0.422. The molecule has 104 valence electrons.